The van der Waals surface area contributed by atoms with Crippen molar-refractivity contribution in [3.63, 3.8) is 0 Å². The van der Waals surface area contributed by atoms with Crippen LogP contribution >= 0.6 is 0 Å². The third-order valence-electron chi connectivity index (χ3n) is 7.92. The number of hydrogen-bond donors (Lipinski definition) is 0. The highest BCUT2D eigenvalue weighted by Gasteiger charge is 2.52. The SMILES string of the molecule is CC1(C)OB(c2ccc3c(c2)CC2(C3)c3ccccc3-c3ccccc32)OC1(C)C. The average Bonchev–Trinajstić information content (AvgIpc) is 3.31. The fourth-order valence-corrected chi connectivity index (χ4v) is 5.62. The maximum atomic E-state index is 6.32. The van der Waals surface area contributed by atoms with Crippen LogP contribution in [0.15, 0.2) is 66.7 Å². The van der Waals surface area contributed by atoms with Crippen molar-refractivity contribution in [1.29, 1.82) is 0 Å². The molecule has 0 saturated carbocycles. The summed E-state index contributed by atoms with van der Waals surface area (Å²) in [4.78, 5) is 0. The molecule has 0 radical (unpaired) electrons. The minimum Gasteiger partial charge on any atom is -0.399 e. The lowest BCUT2D eigenvalue weighted by molar-refractivity contribution is 0.00578. The van der Waals surface area contributed by atoms with Gasteiger partial charge in [0.05, 0.1) is 11.2 Å². The van der Waals surface area contributed by atoms with E-state index in [1.165, 1.54) is 33.4 Å². The molecule has 0 atom stereocenters. The highest BCUT2D eigenvalue weighted by Crippen LogP contribution is 2.55. The Morgan fingerprint density at radius 1 is 0.667 bits per heavy atom. The van der Waals surface area contributed by atoms with Crippen molar-refractivity contribution in [1.82, 2.24) is 0 Å². The molecule has 1 heterocycles. The van der Waals surface area contributed by atoms with Gasteiger partial charge in [0.15, 0.2) is 0 Å². The highest BCUT2D eigenvalue weighted by atomic mass is 16.7. The second-order valence-corrected chi connectivity index (χ2v) is 10.1. The standard InChI is InChI=1S/C27H27BO2/c1-25(2)26(3,4)30-28(29-25)20-14-13-18-16-27(17-19(18)15-20)23-11-7-5-9-21(23)22-10-6-8-12-24(22)27/h5-15H,16-17H2,1-4H3. The highest BCUT2D eigenvalue weighted by molar-refractivity contribution is 6.62. The molecule has 150 valence electrons. The zero-order valence-electron chi connectivity index (χ0n) is 18.2. The number of benzene rings is 3. The Bertz CT molecular complexity index is 1120. The Hall–Kier alpha value is -2.36. The van der Waals surface area contributed by atoms with E-state index >= 15 is 0 Å². The van der Waals surface area contributed by atoms with Crippen molar-refractivity contribution in [2.75, 3.05) is 0 Å². The molecule has 3 aliphatic rings. The van der Waals surface area contributed by atoms with Gasteiger partial charge in [-0.15, -0.1) is 0 Å². The van der Waals surface area contributed by atoms with Crippen LogP contribution in [0.3, 0.4) is 0 Å². The van der Waals surface area contributed by atoms with Gasteiger partial charge < -0.3 is 9.31 Å². The monoisotopic (exact) mass is 394 g/mol. The average molecular weight is 394 g/mol. The smallest absolute Gasteiger partial charge is 0.399 e. The summed E-state index contributed by atoms with van der Waals surface area (Å²) in [6.45, 7) is 8.45. The van der Waals surface area contributed by atoms with Gasteiger partial charge in [0.25, 0.3) is 0 Å². The zero-order chi connectivity index (χ0) is 20.7. The van der Waals surface area contributed by atoms with Crippen molar-refractivity contribution in [2.45, 2.75) is 57.2 Å². The Balaban J connectivity index is 1.42. The van der Waals surface area contributed by atoms with Gasteiger partial charge in [-0.3, -0.25) is 0 Å². The van der Waals surface area contributed by atoms with E-state index in [-0.39, 0.29) is 23.7 Å². The van der Waals surface area contributed by atoms with Crippen LogP contribution in [0.25, 0.3) is 11.1 Å². The minimum absolute atomic E-state index is 0.0457. The fraction of sp³-hybridized carbons (Fsp3) is 0.333. The zero-order valence-corrected chi connectivity index (χ0v) is 18.2. The molecule has 30 heavy (non-hydrogen) atoms. The topological polar surface area (TPSA) is 18.5 Å². The normalized spacial score (nSPS) is 21.5. The molecule has 1 saturated heterocycles. The number of hydrogen-bond acceptors (Lipinski definition) is 2. The molecule has 0 aromatic heterocycles. The summed E-state index contributed by atoms with van der Waals surface area (Å²) in [6.07, 6.45) is 2.09. The van der Waals surface area contributed by atoms with E-state index in [9.17, 15) is 0 Å². The van der Waals surface area contributed by atoms with Crippen LogP contribution in [0.4, 0.5) is 0 Å². The predicted molar refractivity (Wildman–Crippen MR) is 122 cm³/mol. The fourth-order valence-electron chi connectivity index (χ4n) is 5.62. The van der Waals surface area contributed by atoms with E-state index in [4.69, 9.17) is 9.31 Å². The molecular formula is C27H27BO2. The number of rotatable bonds is 1. The van der Waals surface area contributed by atoms with Crippen LogP contribution < -0.4 is 5.46 Å². The first-order valence-electron chi connectivity index (χ1n) is 11.0. The molecule has 6 rings (SSSR count). The van der Waals surface area contributed by atoms with Crippen LogP contribution in [0.1, 0.15) is 49.9 Å². The molecule has 3 heteroatoms. The molecular weight excluding hydrogens is 367 g/mol. The molecule has 0 bridgehead atoms. The first-order chi connectivity index (χ1) is 14.3. The minimum atomic E-state index is -0.318. The van der Waals surface area contributed by atoms with E-state index in [2.05, 4.69) is 94.4 Å². The van der Waals surface area contributed by atoms with Crippen molar-refractivity contribution in [3.8, 4) is 11.1 Å². The van der Waals surface area contributed by atoms with Gasteiger partial charge >= 0.3 is 7.12 Å². The Kier molecular flexibility index (Phi) is 3.60. The molecule has 0 amide bonds. The summed E-state index contributed by atoms with van der Waals surface area (Å²) in [5.41, 5.74) is 9.14. The molecule has 3 aromatic rings. The first-order valence-corrected chi connectivity index (χ1v) is 11.0. The van der Waals surface area contributed by atoms with Gasteiger partial charge in [0.2, 0.25) is 0 Å². The molecule has 0 unspecified atom stereocenters. The number of fused-ring (bicyclic) bond motifs is 6. The summed E-state index contributed by atoms with van der Waals surface area (Å²) in [5.74, 6) is 0. The van der Waals surface area contributed by atoms with Gasteiger partial charge in [0.1, 0.15) is 0 Å². The van der Waals surface area contributed by atoms with Gasteiger partial charge in [-0.2, -0.15) is 0 Å². The van der Waals surface area contributed by atoms with Crippen LogP contribution in [-0.4, -0.2) is 18.3 Å². The van der Waals surface area contributed by atoms with E-state index in [0.29, 0.717) is 0 Å². The van der Waals surface area contributed by atoms with Crippen molar-refractivity contribution < 1.29 is 9.31 Å². The first kappa shape index (κ1) is 18.4. The second kappa shape index (κ2) is 5.87. The molecule has 2 nitrogen and oxygen atoms in total. The van der Waals surface area contributed by atoms with Crippen LogP contribution in [0.5, 0.6) is 0 Å². The lowest BCUT2D eigenvalue weighted by atomic mass is 9.75. The van der Waals surface area contributed by atoms with Gasteiger partial charge in [-0.25, -0.2) is 0 Å². The lowest BCUT2D eigenvalue weighted by Crippen LogP contribution is -2.41. The van der Waals surface area contributed by atoms with E-state index in [1.54, 1.807) is 0 Å². The Labute approximate surface area is 179 Å². The Morgan fingerprint density at radius 2 is 1.20 bits per heavy atom. The van der Waals surface area contributed by atoms with Crippen molar-refractivity contribution in [3.05, 3.63) is 89.0 Å². The quantitative estimate of drug-likeness (QED) is 0.538. The van der Waals surface area contributed by atoms with Gasteiger partial charge in [-0.05, 0) is 79.4 Å². The molecule has 1 fully saturated rings. The van der Waals surface area contributed by atoms with Crippen molar-refractivity contribution >= 4 is 12.6 Å². The maximum absolute atomic E-state index is 6.32. The summed E-state index contributed by atoms with van der Waals surface area (Å²) in [5, 5.41) is 0. The second-order valence-electron chi connectivity index (χ2n) is 10.1. The molecule has 3 aromatic carbocycles. The van der Waals surface area contributed by atoms with E-state index in [1.807, 2.05) is 0 Å². The predicted octanol–water partition coefficient (Wildman–Crippen LogP) is 5.05. The van der Waals surface area contributed by atoms with E-state index < -0.39 is 0 Å². The van der Waals surface area contributed by atoms with Gasteiger partial charge in [-0.1, -0.05) is 66.7 Å². The van der Waals surface area contributed by atoms with E-state index in [0.717, 1.165) is 18.3 Å². The summed E-state index contributed by atoms with van der Waals surface area (Å²) in [7, 11) is -0.306. The van der Waals surface area contributed by atoms with Gasteiger partial charge in [0, 0.05) is 5.41 Å². The summed E-state index contributed by atoms with van der Waals surface area (Å²) in [6, 6.07) is 24.7. The molecule has 0 N–H and O–H groups in total. The lowest BCUT2D eigenvalue weighted by Gasteiger charge is -2.32. The summed E-state index contributed by atoms with van der Waals surface area (Å²) < 4.78 is 12.6. The van der Waals surface area contributed by atoms with Crippen LogP contribution in [0, 0.1) is 0 Å². The summed E-state index contributed by atoms with van der Waals surface area (Å²) >= 11 is 0. The molecule has 2 aliphatic carbocycles. The molecule has 1 spiro atoms. The Morgan fingerprint density at radius 3 is 1.80 bits per heavy atom. The van der Waals surface area contributed by atoms with Crippen molar-refractivity contribution in [2.24, 2.45) is 0 Å². The largest absolute Gasteiger partial charge is 0.494 e. The third-order valence-corrected chi connectivity index (χ3v) is 7.92. The van der Waals surface area contributed by atoms with Crippen LogP contribution in [-0.2, 0) is 27.6 Å². The molecule has 1 aliphatic heterocycles. The maximum Gasteiger partial charge on any atom is 0.494 e. The third kappa shape index (κ3) is 2.34. The van der Waals surface area contributed by atoms with Crippen LogP contribution in [0.2, 0.25) is 0 Å².